The molecule has 5 heteroatoms. The summed E-state index contributed by atoms with van der Waals surface area (Å²) in [5.41, 5.74) is 0.787. The lowest BCUT2D eigenvalue weighted by Gasteiger charge is -2.08. The molecule has 18 heavy (non-hydrogen) atoms. The molecule has 1 N–H and O–H groups in total. The smallest absolute Gasteiger partial charge is 0.214 e. The maximum atomic E-state index is 6.06. The van der Waals surface area contributed by atoms with Crippen LogP contribution in [0.15, 0.2) is 34.9 Å². The van der Waals surface area contributed by atoms with Gasteiger partial charge in [0.2, 0.25) is 5.88 Å². The van der Waals surface area contributed by atoms with E-state index in [1.54, 1.807) is 18.4 Å². The SMILES string of the molecule is CCNCc1nc(OCc2ccco2)ccc1Cl. The fourth-order valence-electron chi connectivity index (χ4n) is 1.45. The summed E-state index contributed by atoms with van der Waals surface area (Å²) in [4.78, 5) is 4.35. The van der Waals surface area contributed by atoms with Gasteiger partial charge < -0.3 is 14.5 Å². The highest BCUT2D eigenvalue weighted by Crippen LogP contribution is 2.18. The molecule has 0 aliphatic carbocycles. The van der Waals surface area contributed by atoms with Crippen LogP contribution in [0.5, 0.6) is 5.88 Å². The van der Waals surface area contributed by atoms with Crippen molar-refractivity contribution in [2.24, 2.45) is 0 Å². The number of ether oxygens (including phenoxy) is 1. The quantitative estimate of drug-likeness (QED) is 0.873. The second-order valence-corrected chi connectivity index (χ2v) is 4.13. The van der Waals surface area contributed by atoms with E-state index in [0.717, 1.165) is 18.0 Å². The summed E-state index contributed by atoms with van der Waals surface area (Å²) < 4.78 is 10.7. The first-order chi connectivity index (χ1) is 8.79. The Labute approximate surface area is 111 Å². The van der Waals surface area contributed by atoms with E-state index in [2.05, 4.69) is 10.3 Å². The van der Waals surface area contributed by atoms with Gasteiger partial charge in [-0.3, -0.25) is 0 Å². The Balaban J connectivity index is 2.00. The standard InChI is InChI=1S/C13H15ClN2O2/c1-2-15-8-12-11(14)5-6-13(16-12)18-9-10-4-3-7-17-10/h3-7,15H,2,8-9H2,1H3. The number of rotatable bonds is 6. The maximum Gasteiger partial charge on any atom is 0.214 e. The van der Waals surface area contributed by atoms with Crippen molar-refractivity contribution in [3.63, 3.8) is 0 Å². The van der Waals surface area contributed by atoms with Crippen molar-refractivity contribution in [1.29, 1.82) is 0 Å². The molecule has 2 rings (SSSR count). The van der Waals surface area contributed by atoms with Crippen LogP contribution < -0.4 is 10.1 Å². The highest BCUT2D eigenvalue weighted by Gasteiger charge is 2.05. The van der Waals surface area contributed by atoms with Gasteiger partial charge in [-0.25, -0.2) is 4.98 Å². The molecule has 0 saturated heterocycles. The van der Waals surface area contributed by atoms with Crippen molar-refractivity contribution in [3.8, 4) is 5.88 Å². The number of nitrogens with zero attached hydrogens (tertiary/aromatic N) is 1. The fraction of sp³-hybridized carbons (Fsp3) is 0.308. The van der Waals surface area contributed by atoms with Crippen LogP contribution in [0.4, 0.5) is 0 Å². The molecule has 0 spiro atoms. The lowest BCUT2D eigenvalue weighted by molar-refractivity contribution is 0.260. The molecule has 0 saturated carbocycles. The summed E-state index contributed by atoms with van der Waals surface area (Å²) in [6.07, 6.45) is 1.62. The van der Waals surface area contributed by atoms with Gasteiger partial charge in [-0.1, -0.05) is 18.5 Å². The zero-order valence-electron chi connectivity index (χ0n) is 10.1. The van der Waals surface area contributed by atoms with E-state index in [4.69, 9.17) is 20.8 Å². The predicted molar refractivity (Wildman–Crippen MR) is 69.7 cm³/mol. The van der Waals surface area contributed by atoms with Crippen molar-refractivity contribution >= 4 is 11.6 Å². The van der Waals surface area contributed by atoms with Gasteiger partial charge in [0.05, 0.1) is 17.0 Å². The Hall–Kier alpha value is -1.52. The molecule has 0 amide bonds. The van der Waals surface area contributed by atoms with Gasteiger partial charge in [0.25, 0.3) is 0 Å². The highest BCUT2D eigenvalue weighted by molar-refractivity contribution is 6.31. The van der Waals surface area contributed by atoms with Gasteiger partial charge >= 0.3 is 0 Å². The van der Waals surface area contributed by atoms with Crippen LogP contribution in [0.3, 0.4) is 0 Å². The second-order valence-electron chi connectivity index (χ2n) is 3.73. The largest absolute Gasteiger partial charge is 0.469 e. The first kappa shape index (κ1) is 12.9. The minimum absolute atomic E-state index is 0.363. The minimum Gasteiger partial charge on any atom is -0.469 e. The molecular weight excluding hydrogens is 252 g/mol. The number of aromatic nitrogens is 1. The molecular formula is C13H15ClN2O2. The topological polar surface area (TPSA) is 47.3 Å². The lowest BCUT2D eigenvalue weighted by atomic mass is 10.3. The average molecular weight is 267 g/mol. The van der Waals surface area contributed by atoms with Crippen molar-refractivity contribution in [2.75, 3.05) is 6.54 Å². The summed E-state index contributed by atoms with van der Waals surface area (Å²) in [5.74, 6) is 1.31. The van der Waals surface area contributed by atoms with E-state index in [1.165, 1.54) is 0 Å². The summed E-state index contributed by atoms with van der Waals surface area (Å²) in [5, 5.41) is 3.82. The number of nitrogens with one attached hydrogen (secondary N) is 1. The van der Waals surface area contributed by atoms with Gasteiger partial charge in [-0.05, 0) is 24.7 Å². The molecule has 0 unspecified atom stereocenters. The van der Waals surface area contributed by atoms with Crippen LogP contribution in [-0.4, -0.2) is 11.5 Å². The number of pyridine rings is 1. The molecule has 4 nitrogen and oxygen atoms in total. The zero-order valence-corrected chi connectivity index (χ0v) is 10.9. The minimum atomic E-state index is 0.363. The normalized spacial score (nSPS) is 10.6. The molecule has 0 bridgehead atoms. The highest BCUT2D eigenvalue weighted by atomic mass is 35.5. The van der Waals surface area contributed by atoms with Crippen molar-refractivity contribution in [2.45, 2.75) is 20.1 Å². The summed E-state index contributed by atoms with van der Waals surface area (Å²) in [6, 6.07) is 7.22. The molecule has 0 radical (unpaired) electrons. The molecule has 0 aliphatic heterocycles. The average Bonchev–Trinajstić information content (AvgIpc) is 2.89. The van der Waals surface area contributed by atoms with Crippen LogP contribution in [-0.2, 0) is 13.2 Å². The van der Waals surface area contributed by atoms with E-state index in [9.17, 15) is 0 Å². The van der Waals surface area contributed by atoms with Crippen LogP contribution in [0, 0.1) is 0 Å². The van der Waals surface area contributed by atoms with Gasteiger partial charge in [-0.2, -0.15) is 0 Å². The Morgan fingerprint density at radius 2 is 2.28 bits per heavy atom. The Morgan fingerprint density at radius 3 is 3.00 bits per heavy atom. The number of hydrogen-bond acceptors (Lipinski definition) is 4. The number of hydrogen-bond donors (Lipinski definition) is 1. The van der Waals surface area contributed by atoms with Crippen LogP contribution in [0.2, 0.25) is 5.02 Å². The third-order valence-electron chi connectivity index (χ3n) is 2.38. The molecule has 0 fully saturated rings. The summed E-state index contributed by atoms with van der Waals surface area (Å²) in [6.45, 7) is 3.90. The van der Waals surface area contributed by atoms with Gasteiger partial charge in [0.1, 0.15) is 12.4 Å². The molecule has 2 heterocycles. The van der Waals surface area contributed by atoms with E-state index in [0.29, 0.717) is 24.1 Å². The van der Waals surface area contributed by atoms with E-state index in [-0.39, 0.29) is 0 Å². The third kappa shape index (κ3) is 3.48. The monoisotopic (exact) mass is 266 g/mol. The number of furan rings is 1. The van der Waals surface area contributed by atoms with E-state index >= 15 is 0 Å². The molecule has 0 atom stereocenters. The van der Waals surface area contributed by atoms with E-state index < -0.39 is 0 Å². The van der Waals surface area contributed by atoms with Crippen LogP contribution in [0.25, 0.3) is 0 Å². The van der Waals surface area contributed by atoms with Crippen molar-refractivity contribution < 1.29 is 9.15 Å². The molecule has 0 aliphatic rings. The van der Waals surface area contributed by atoms with E-state index in [1.807, 2.05) is 19.1 Å². The first-order valence-electron chi connectivity index (χ1n) is 5.81. The lowest BCUT2D eigenvalue weighted by Crippen LogP contribution is -2.13. The molecule has 2 aromatic rings. The second kappa shape index (κ2) is 6.42. The molecule has 2 aromatic heterocycles. The van der Waals surface area contributed by atoms with Gasteiger partial charge in [-0.15, -0.1) is 0 Å². The fourth-order valence-corrected chi connectivity index (χ4v) is 1.62. The number of halogens is 1. The predicted octanol–water partition coefficient (Wildman–Crippen LogP) is 3.02. The summed E-state index contributed by atoms with van der Waals surface area (Å²) >= 11 is 6.06. The van der Waals surface area contributed by atoms with Crippen LogP contribution >= 0.6 is 11.6 Å². The van der Waals surface area contributed by atoms with Gasteiger partial charge in [0, 0.05) is 12.6 Å². The summed E-state index contributed by atoms with van der Waals surface area (Å²) in [7, 11) is 0. The Morgan fingerprint density at radius 1 is 1.39 bits per heavy atom. The van der Waals surface area contributed by atoms with Crippen LogP contribution in [0.1, 0.15) is 18.4 Å². The third-order valence-corrected chi connectivity index (χ3v) is 2.72. The molecule has 0 aromatic carbocycles. The Bertz CT molecular complexity index is 486. The van der Waals surface area contributed by atoms with Gasteiger partial charge in [0.15, 0.2) is 0 Å². The van der Waals surface area contributed by atoms with Crippen molar-refractivity contribution in [1.82, 2.24) is 10.3 Å². The maximum absolute atomic E-state index is 6.06. The molecule has 96 valence electrons. The zero-order chi connectivity index (χ0) is 12.8. The Kier molecular flexibility index (Phi) is 4.61. The first-order valence-corrected chi connectivity index (χ1v) is 6.18. The van der Waals surface area contributed by atoms with Crippen molar-refractivity contribution in [3.05, 3.63) is 47.0 Å².